The number of amides is 2. The first-order valence-corrected chi connectivity index (χ1v) is 11.3. The minimum atomic E-state index is -4.44. The Bertz CT molecular complexity index is 1220. The summed E-state index contributed by atoms with van der Waals surface area (Å²) in [5, 5.41) is 14.1. The Balaban J connectivity index is 1.72. The van der Waals surface area contributed by atoms with Crippen LogP contribution in [0.1, 0.15) is 28.4 Å². The number of aliphatic hydroxyl groups excluding tert-OH is 1. The van der Waals surface area contributed by atoms with Crippen LogP contribution in [-0.4, -0.2) is 36.7 Å². The van der Waals surface area contributed by atoms with Crippen molar-refractivity contribution in [3.8, 4) is 17.2 Å². The van der Waals surface area contributed by atoms with Crippen molar-refractivity contribution in [3.05, 3.63) is 95.2 Å². The van der Waals surface area contributed by atoms with Gasteiger partial charge < -0.3 is 25.2 Å². The van der Waals surface area contributed by atoms with Crippen LogP contribution in [0.2, 0.25) is 0 Å². The molecule has 37 heavy (non-hydrogen) atoms. The zero-order valence-corrected chi connectivity index (χ0v) is 19.8. The minimum Gasteiger partial charge on any atom is -0.494 e. The molecular weight excluding hydrogens is 489 g/mol. The van der Waals surface area contributed by atoms with E-state index in [0.717, 1.165) is 12.1 Å². The first-order valence-electron chi connectivity index (χ1n) is 11.3. The molecule has 0 aliphatic rings. The maximum atomic E-state index is 12.8. The molecule has 0 unspecified atom stereocenters. The molecule has 0 bridgehead atoms. The van der Waals surface area contributed by atoms with E-state index in [4.69, 9.17) is 14.6 Å². The molecule has 0 fully saturated rings. The summed E-state index contributed by atoms with van der Waals surface area (Å²) < 4.78 is 49.1. The minimum absolute atomic E-state index is 0.00527. The van der Waals surface area contributed by atoms with E-state index in [1.807, 2.05) is 6.92 Å². The highest BCUT2D eigenvalue weighted by Gasteiger charge is 2.30. The van der Waals surface area contributed by atoms with E-state index < -0.39 is 23.6 Å². The maximum absolute atomic E-state index is 12.8. The van der Waals surface area contributed by atoms with Crippen LogP contribution in [0.3, 0.4) is 0 Å². The number of hydrogen-bond acceptors (Lipinski definition) is 5. The van der Waals surface area contributed by atoms with Gasteiger partial charge in [-0.25, -0.2) is 0 Å². The highest BCUT2D eigenvalue weighted by Crippen LogP contribution is 2.31. The summed E-state index contributed by atoms with van der Waals surface area (Å²) in [5.74, 6) is 0.0120. The van der Waals surface area contributed by atoms with E-state index in [0.29, 0.717) is 23.7 Å². The summed E-state index contributed by atoms with van der Waals surface area (Å²) >= 11 is 0. The largest absolute Gasteiger partial charge is 0.494 e. The number of halogens is 3. The van der Waals surface area contributed by atoms with Gasteiger partial charge in [-0.3, -0.25) is 9.59 Å². The molecule has 0 saturated carbocycles. The molecule has 194 valence electrons. The van der Waals surface area contributed by atoms with Crippen LogP contribution in [0, 0.1) is 0 Å². The van der Waals surface area contributed by atoms with Gasteiger partial charge in [-0.15, -0.1) is 0 Å². The second-order valence-corrected chi connectivity index (χ2v) is 7.64. The van der Waals surface area contributed by atoms with Crippen molar-refractivity contribution in [1.82, 2.24) is 10.6 Å². The molecular formula is C27H25F3N2O5. The zero-order valence-electron chi connectivity index (χ0n) is 19.8. The summed E-state index contributed by atoms with van der Waals surface area (Å²) in [6, 6.07) is 17.0. The quantitative estimate of drug-likeness (QED) is 0.339. The first kappa shape index (κ1) is 27.3. The summed E-state index contributed by atoms with van der Waals surface area (Å²) in [4.78, 5) is 25.4. The van der Waals surface area contributed by atoms with Gasteiger partial charge in [0.15, 0.2) is 0 Å². The molecule has 3 aromatic carbocycles. The number of rotatable bonds is 10. The number of carbonyl (C=O) groups excluding carboxylic acids is 2. The molecule has 0 spiro atoms. The van der Waals surface area contributed by atoms with Crippen molar-refractivity contribution in [3.63, 3.8) is 0 Å². The zero-order chi connectivity index (χ0) is 26.8. The number of carbonyl (C=O) groups is 2. The van der Waals surface area contributed by atoms with Gasteiger partial charge in [0.2, 0.25) is 0 Å². The molecule has 2 amide bonds. The van der Waals surface area contributed by atoms with Crippen molar-refractivity contribution in [2.24, 2.45) is 0 Å². The molecule has 0 heterocycles. The smallest absolute Gasteiger partial charge is 0.416 e. The highest BCUT2D eigenvalue weighted by atomic mass is 19.4. The number of aliphatic hydroxyl groups is 1. The fraction of sp³-hybridized carbons (Fsp3) is 0.185. The molecule has 0 atom stereocenters. The number of nitrogens with one attached hydrogen (secondary N) is 2. The van der Waals surface area contributed by atoms with Crippen LogP contribution in [-0.2, 0) is 11.0 Å². The van der Waals surface area contributed by atoms with Crippen LogP contribution in [0.15, 0.2) is 78.5 Å². The van der Waals surface area contributed by atoms with Crippen molar-refractivity contribution in [2.45, 2.75) is 13.1 Å². The predicted molar refractivity (Wildman–Crippen MR) is 131 cm³/mol. The Morgan fingerprint density at radius 3 is 2.00 bits per heavy atom. The first-order chi connectivity index (χ1) is 17.7. The standard InChI is InChI=1S/C27H25F3N2O5/c1-2-36-21-9-3-18(4-10-21)17-24(26(35)31-15-16-33)32-25(34)19-5-11-22(12-6-19)37-23-13-7-20(8-14-23)27(28,29)30/h3-14,17,33H,2,15-16H2,1H3,(H,31,35)(H,32,34)/b24-17+. The Kier molecular flexibility index (Phi) is 9.28. The van der Waals surface area contributed by atoms with Crippen LogP contribution in [0.25, 0.3) is 6.08 Å². The lowest BCUT2D eigenvalue weighted by atomic mass is 10.1. The number of ether oxygens (including phenoxy) is 2. The molecule has 0 aromatic heterocycles. The van der Waals surface area contributed by atoms with Gasteiger partial charge in [0, 0.05) is 12.1 Å². The highest BCUT2D eigenvalue weighted by molar-refractivity contribution is 6.05. The fourth-order valence-electron chi connectivity index (χ4n) is 3.13. The fourth-order valence-corrected chi connectivity index (χ4v) is 3.13. The average Bonchev–Trinajstić information content (AvgIpc) is 2.88. The predicted octanol–water partition coefficient (Wildman–Crippen LogP) is 4.78. The second-order valence-electron chi connectivity index (χ2n) is 7.64. The van der Waals surface area contributed by atoms with Gasteiger partial charge in [-0.2, -0.15) is 13.2 Å². The van der Waals surface area contributed by atoms with E-state index in [1.165, 1.54) is 42.5 Å². The molecule has 3 rings (SSSR count). The molecule has 3 aromatic rings. The topological polar surface area (TPSA) is 96.9 Å². The van der Waals surface area contributed by atoms with E-state index in [9.17, 15) is 22.8 Å². The van der Waals surface area contributed by atoms with Gasteiger partial charge in [0.05, 0.1) is 18.8 Å². The Morgan fingerprint density at radius 2 is 1.46 bits per heavy atom. The Hall–Kier alpha value is -4.31. The van der Waals surface area contributed by atoms with Crippen molar-refractivity contribution in [1.29, 1.82) is 0 Å². The van der Waals surface area contributed by atoms with Crippen molar-refractivity contribution >= 4 is 17.9 Å². The third-order valence-electron chi connectivity index (χ3n) is 4.93. The molecule has 0 aliphatic heterocycles. The third kappa shape index (κ3) is 8.11. The lowest BCUT2D eigenvalue weighted by Gasteiger charge is -2.12. The third-order valence-corrected chi connectivity index (χ3v) is 4.93. The summed E-state index contributed by atoms with van der Waals surface area (Å²) in [6.07, 6.45) is -2.95. The average molecular weight is 515 g/mol. The van der Waals surface area contributed by atoms with Gasteiger partial charge in [0.1, 0.15) is 22.9 Å². The van der Waals surface area contributed by atoms with E-state index in [2.05, 4.69) is 10.6 Å². The van der Waals surface area contributed by atoms with Gasteiger partial charge in [-0.1, -0.05) is 12.1 Å². The second kappa shape index (κ2) is 12.6. The van der Waals surface area contributed by atoms with Gasteiger partial charge >= 0.3 is 6.18 Å². The molecule has 3 N–H and O–H groups in total. The molecule has 0 radical (unpaired) electrons. The van der Waals surface area contributed by atoms with Crippen molar-refractivity contribution < 1.29 is 37.3 Å². The van der Waals surface area contributed by atoms with E-state index >= 15 is 0 Å². The van der Waals surface area contributed by atoms with Gasteiger partial charge in [-0.05, 0) is 79.2 Å². The molecule has 0 saturated heterocycles. The Labute approximate surface area is 211 Å². The maximum Gasteiger partial charge on any atom is 0.416 e. The number of benzene rings is 3. The lowest BCUT2D eigenvalue weighted by Crippen LogP contribution is -2.36. The van der Waals surface area contributed by atoms with Crippen LogP contribution in [0.4, 0.5) is 13.2 Å². The van der Waals surface area contributed by atoms with Crippen LogP contribution < -0.4 is 20.1 Å². The normalized spacial score (nSPS) is 11.5. The summed E-state index contributed by atoms with van der Waals surface area (Å²) in [5.41, 5.74) is 0.0298. The SMILES string of the molecule is CCOc1ccc(/C=C(/NC(=O)c2ccc(Oc3ccc(C(F)(F)F)cc3)cc2)C(=O)NCCO)cc1. The lowest BCUT2D eigenvalue weighted by molar-refractivity contribution is -0.137. The van der Waals surface area contributed by atoms with Crippen LogP contribution in [0.5, 0.6) is 17.2 Å². The summed E-state index contributed by atoms with van der Waals surface area (Å²) in [6.45, 7) is 2.11. The molecule has 10 heteroatoms. The number of alkyl halides is 3. The molecule has 0 aliphatic carbocycles. The molecule has 7 nitrogen and oxygen atoms in total. The van der Waals surface area contributed by atoms with Gasteiger partial charge in [0.25, 0.3) is 11.8 Å². The Morgan fingerprint density at radius 1 is 0.892 bits per heavy atom. The van der Waals surface area contributed by atoms with Crippen molar-refractivity contribution in [2.75, 3.05) is 19.8 Å². The monoisotopic (exact) mass is 514 g/mol. The summed E-state index contributed by atoms with van der Waals surface area (Å²) in [7, 11) is 0. The van der Waals surface area contributed by atoms with Crippen LogP contribution >= 0.6 is 0 Å². The van der Waals surface area contributed by atoms with E-state index in [1.54, 1.807) is 24.3 Å². The number of hydrogen-bond donors (Lipinski definition) is 3. The van der Waals surface area contributed by atoms with E-state index in [-0.39, 0.29) is 30.2 Å².